The molecular weight excluding hydrogens is 404 g/mol. The predicted molar refractivity (Wildman–Crippen MR) is 102 cm³/mol. The molecule has 0 radical (unpaired) electrons. The second-order valence-electron chi connectivity index (χ2n) is 5.84. The highest BCUT2D eigenvalue weighted by atomic mass is 79.9. The Bertz CT molecular complexity index is 640. The molecule has 2 aromatic rings. The second-order valence-corrected chi connectivity index (χ2v) is 5.84. The molecule has 1 fully saturated rings. The Hall–Kier alpha value is -0.970. The largest absolute Gasteiger partial charge is 0.298 e. The van der Waals surface area contributed by atoms with E-state index in [0.717, 1.165) is 18.8 Å². The molecule has 0 spiro atoms. The number of rotatable bonds is 2. The van der Waals surface area contributed by atoms with E-state index >= 15 is 0 Å². The average molecular weight is 424 g/mol. The van der Waals surface area contributed by atoms with Crippen molar-refractivity contribution in [2.75, 3.05) is 19.6 Å². The number of nitrogens with zero attached hydrogens (tertiary/aromatic N) is 2. The molecule has 2 nitrogen and oxygen atoms in total. The molecule has 2 aliphatic heterocycles. The Balaban J connectivity index is 0.000000882. The van der Waals surface area contributed by atoms with Crippen LogP contribution in [0.15, 0.2) is 60.8 Å². The minimum atomic E-state index is 0. The van der Waals surface area contributed by atoms with Crippen LogP contribution in [0, 0.1) is 0 Å². The Kier molecular flexibility index (Phi) is 5.59. The lowest BCUT2D eigenvalue weighted by atomic mass is 9.79. The molecule has 22 heavy (non-hydrogen) atoms. The SMILES string of the molecule is Br.Br.C1=CC2(c3ccc(-c4ccccc4)nc3)CCN(C1)C2. The summed E-state index contributed by atoms with van der Waals surface area (Å²) in [6.07, 6.45) is 7.99. The highest BCUT2D eigenvalue weighted by molar-refractivity contribution is 8.93. The maximum Gasteiger partial charge on any atom is 0.0702 e. The van der Waals surface area contributed by atoms with E-state index < -0.39 is 0 Å². The molecule has 0 amide bonds. The standard InChI is InChI=1S/C18H18N2.2BrH/c1-2-5-15(6-3-1)17-8-7-16(13-19-17)18-9-4-11-20(14-18)12-10-18;;/h1-9,13H,10-12,14H2;2*1H. The number of hydrogen-bond acceptors (Lipinski definition) is 2. The van der Waals surface area contributed by atoms with Crippen molar-refractivity contribution >= 4 is 34.0 Å². The normalized spacial score (nSPS) is 25.2. The summed E-state index contributed by atoms with van der Waals surface area (Å²) in [6.45, 7) is 3.46. The summed E-state index contributed by atoms with van der Waals surface area (Å²) >= 11 is 0. The van der Waals surface area contributed by atoms with Gasteiger partial charge in [-0.05, 0) is 24.6 Å². The van der Waals surface area contributed by atoms with Crippen molar-refractivity contribution in [3.05, 3.63) is 66.4 Å². The van der Waals surface area contributed by atoms with E-state index in [0.29, 0.717) is 0 Å². The first-order valence-electron chi connectivity index (χ1n) is 7.28. The molecule has 1 saturated heterocycles. The van der Waals surface area contributed by atoms with Gasteiger partial charge in [-0.25, -0.2) is 0 Å². The van der Waals surface area contributed by atoms with Gasteiger partial charge in [0.15, 0.2) is 0 Å². The van der Waals surface area contributed by atoms with Crippen LogP contribution >= 0.6 is 34.0 Å². The molecule has 1 aromatic carbocycles. The van der Waals surface area contributed by atoms with Gasteiger partial charge >= 0.3 is 0 Å². The lowest BCUT2D eigenvalue weighted by molar-refractivity contribution is 0.345. The zero-order valence-electron chi connectivity index (χ0n) is 12.3. The van der Waals surface area contributed by atoms with Gasteiger partial charge in [-0.15, -0.1) is 34.0 Å². The third kappa shape index (κ3) is 3.05. The molecule has 0 saturated carbocycles. The zero-order chi connectivity index (χ0) is 13.4. The topological polar surface area (TPSA) is 16.1 Å². The summed E-state index contributed by atoms with van der Waals surface area (Å²) < 4.78 is 0. The fraction of sp³-hybridized carbons (Fsp3) is 0.278. The molecule has 2 atom stereocenters. The van der Waals surface area contributed by atoms with Crippen molar-refractivity contribution in [2.45, 2.75) is 11.8 Å². The van der Waals surface area contributed by atoms with Crippen LogP contribution < -0.4 is 0 Å². The van der Waals surface area contributed by atoms with Crippen LogP contribution in [-0.4, -0.2) is 29.5 Å². The fourth-order valence-corrected chi connectivity index (χ4v) is 3.43. The van der Waals surface area contributed by atoms with Gasteiger partial charge in [-0.2, -0.15) is 0 Å². The van der Waals surface area contributed by atoms with Gasteiger partial charge in [0, 0.05) is 30.3 Å². The minimum Gasteiger partial charge on any atom is -0.298 e. The van der Waals surface area contributed by atoms with Gasteiger partial charge < -0.3 is 0 Å². The van der Waals surface area contributed by atoms with Gasteiger partial charge in [0.25, 0.3) is 0 Å². The highest BCUT2D eigenvalue weighted by Gasteiger charge is 2.39. The number of pyridine rings is 1. The summed E-state index contributed by atoms with van der Waals surface area (Å²) in [5.74, 6) is 0. The van der Waals surface area contributed by atoms with Crippen LogP contribution in [0.5, 0.6) is 0 Å². The van der Waals surface area contributed by atoms with E-state index in [9.17, 15) is 0 Å². The Morgan fingerprint density at radius 2 is 1.82 bits per heavy atom. The van der Waals surface area contributed by atoms with Crippen molar-refractivity contribution < 1.29 is 0 Å². The van der Waals surface area contributed by atoms with Crippen molar-refractivity contribution in [1.82, 2.24) is 9.88 Å². The number of hydrogen-bond donors (Lipinski definition) is 0. The van der Waals surface area contributed by atoms with Crippen LogP contribution in [0.2, 0.25) is 0 Å². The summed E-state index contributed by atoms with van der Waals surface area (Å²) in [6, 6.07) is 14.8. The average Bonchev–Trinajstić information content (AvgIpc) is 2.84. The minimum absolute atomic E-state index is 0. The lowest BCUT2D eigenvalue weighted by Gasteiger charge is -2.29. The van der Waals surface area contributed by atoms with E-state index in [1.165, 1.54) is 24.1 Å². The molecule has 4 heteroatoms. The van der Waals surface area contributed by atoms with Crippen LogP contribution in [0.3, 0.4) is 0 Å². The quantitative estimate of drug-likeness (QED) is 0.664. The van der Waals surface area contributed by atoms with E-state index in [1.54, 1.807) is 0 Å². The number of aromatic nitrogens is 1. The van der Waals surface area contributed by atoms with Crippen LogP contribution in [0.1, 0.15) is 12.0 Å². The Morgan fingerprint density at radius 3 is 2.55 bits per heavy atom. The van der Waals surface area contributed by atoms with Crippen LogP contribution in [0.25, 0.3) is 11.3 Å². The summed E-state index contributed by atoms with van der Waals surface area (Å²) in [5, 5.41) is 0. The third-order valence-corrected chi connectivity index (χ3v) is 4.59. The number of benzene rings is 1. The van der Waals surface area contributed by atoms with Crippen molar-refractivity contribution in [2.24, 2.45) is 0 Å². The highest BCUT2D eigenvalue weighted by Crippen LogP contribution is 2.38. The van der Waals surface area contributed by atoms with Gasteiger partial charge in [0.05, 0.1) is 5.69 Å². The molecular formula is C18H20Br2N2. The number of fused-ring (bicyclic) bond motifs is 2. The van der Waals surface area contributed by atoms with E-state index in [4.69, 9.17) is 0 Å². The molecule has 3 heterocycles. The van der Waals surface area contributed by atoms with Crippen LogP contribution in [0.4, 0.5) is 0 Å². The molecule has 4 rings (SSSR count). The fourth-order valence-electron chi connectivity index (χ4n) is 3.43. The Labute approximate surface area is 152 Å². The maximum atomic E-state index is 4.68. The predicted octanol–water partition coefficient (Wildman–Crippen LogP) is 4.42. The molecule has 0 N–H and O–H groups in total. The summed E-state index contributed by atoms with van der Waals surface area (Å²) in [5.41, 5.74) is 3.81. The molecule has 0 aliphatic carbocycles. The second kappa shape index (κ2) is 7.07. The monoisotopic (exact) mass is 422 g/mol. The van der Waals surface area contributed by atoms with Crippen LogP contribution in [-0.2, 0) is 5.41 Å². The van der Waals surface area contributed by atoms with Crippen molar-refractivity contribution in [1.29, 1.82) is 0 Å². The first kappa shape index (κ1) is 17.4. The van der Waals surface area contributed by atoms with Gasteiger partial charge in [-0.3, -0.25) is 9.88 Å². The first-order chi connectivity index (χ1) is 9.86. The maximum absolute atomic E-state index is 4.68. The third-order valence-electron chi connectivity index (χ3n) is 4.59. The molecule has 1 aromatic heterocycles. The van der Waals surface area contributed by atoms with Crippen molar-refractivity contribution in [3.63, 3.8) is 0 Å². The van der Waals surface area contributed by atoms with E-state index in [-0.39, 0.29) is 39.4 Å². The molecule has 2 aliphatic rings. The van der Waals surface area contributed by atoms with Gasteiger partial charge in [-0.1, -0.05) is 48.6 Å². The molecule has 2 bridgehead atoms. The first-order valence-corrected chi connectivity index (χ1v) is 7.28. The summed E-state index contributed by atoms with van der Waals surface area (Å²) in [4.78, 5) is 7.20. The molecule has 116 valence electrons. The molecule has 2 unspecified atom stereocenters. The lowest BCUT2D eigenvalue weighted by Crippen LogP contribution is -2.33. The Morgan fingerprint density at radius 1 is 1.00 bits per heavy atom. The van der Waals surface area contributed by atoms with Gasteiger partial charge in [0.2, 0.25) is 0 Å². The smallest absolute Gasteiger partial charge is 0.0702 e. The van der Waals surface area contributed by atoms with Crippen molar-refractivity contribution in [3.8, 4) is 11.3 Å². The number of halogens is 2. The zero-order valence-corrected chi connectivity index (χ0v) is 15.7. The summed E-state index contributed by atoms with van der Waals surface area (Å²) in [7, 11) is 0. The van der Waals surface area contributed by atoms with E-state index in [2.05, 4.69) is 64.6 Å². The van der Waals surface area contributed by atoms with E-state index in [1.807, 2.05) is 6.07 Å². The van der Waals surface area contributed by atoms with Gasteiger partial charge in [0.1, 0.15) is 0 Å².